The zero-order valence-corrected chi connectivity index (χ0v) is 9.74. The Morgan fingerprint density at radius 2 is 2.25 bits per heavy atom. The van der Waals surface area contributed by atoms with E-state index in [1.165, 1.54) is 30.4 Å². The molecule has 1 heterocycles. The minimum atomic E-state index is 0.169. The third-order valence-electron chi connectivity index (χ3n) is 4.14. The van der Waals surface area contributed by atoms with Gasteiger partial charge in [0, 0.05) is 11.6 Å². The van der Waals surface area contributed by atoms with E-state index in [2.05, 4.69) is 49.0 Å². The number of nitrogens with zero attached hydrogens (tertiary/aromatic N) is 1. The van der Waals surface area contributed by atoms with Gasteiger partial charge < -0.3 is 0 Å². The Labute approximate surface area is 96.9 Å². The highest BCUT2D eigenvalue weighted by atomic mass is 14.8. The lowest BCUT2D eigenvalue weighted by molar-refractivity contribution is 0.490. The maximum atomic E-state index is 4.60. The van der Waals surface area contributed by atoms with Crippen molar-refractivity contribution in [2.24, 2.45) is 10.9 Å². The molecule has 0 aromatic heterocycles. The topological polar surface area (TPSA) is 12.4 Å². The Morgan fingerprint density at radius 1 is 1.44 bits per heavy atom. The molecule has 1 aliphatic carbocycles. The first-order valence-corrected chi connectivity index (χ1v) is 6.04. The van der Waals surface area contributed by atoms with Crippen molar-refractivity contribution in [3.8, 4) is 0 Å². The fraction of sp³-hybridized carbons (Fsp3) is 0.400. The average molecular weight is 211 g/mol. The van der Waals surface area contributed by atoms with Gasteiger partial charge in [0.1, 0.15) is 0 Å². The normalized spacial score (nSPS) is 30.9. The third-order valence-corrected chi connectivity index (χ3v) is 4.14. The number of fused-ring (bicyclic) bond motifs is 2. The van der Waals surface area contributed by atoms with Crippen LogP contribution in [0.3, 0.4) is 0 Å². The molecule has 1 saturated carbocycles. The summed E-state index contributed by atoms with van der Waals surface area (Å²) in [5.74, 6) is 0.583. The van der Waals surface area contributed by atoms with Crippen molar-refractivity contribution in [1.82, 2.24) is 0 Å². The number of hydrogen-bond donors (Lipinski definition) is 0. The van der Waals surface area contributed by atoms with Gasteiger partial charge in [-0.25, -0.2) is 0 Å². The van der Waals surface area contributed by atoms with Crippen molar-refractivity contribution in [3.63, 3.8) is 0 Å². The van der Waals surface area contributed by atoms with Crippen LogP contribution in [0.1, 0.15) is 31.7 Å². The minimum Gasteiger partial charge on any atom is -0.260 e. The highest BCUT2D eigenvalue weighted by Gasteiger charge is 2.46. The van der Waals surface area contributed by atoms with E-state index < -0.39 is 0 Å². The molecule has 3 rings (SSSR count). The van der Waals surface area contributed by atoms with Crippen LogP contribution in [0.2, 0.25) is 0 Å². The van der Waals surface area contributed by atoms with Crippen LogP contribution in [-0.4, -0.2) is 6.21 Å². The quantitative estimate of drug-likeness (QED) is 0.622. The van der Waals surface area contributed by atoms with Gasteiger partial charge in [0.15, 0.2) is 0 Å². The van der Waals surface area contributed by atoms with Gasteiger partial charge in [-0.05, 0) is 37.3 Å². The van der Waals surface area contributed by atoms with Gasteiger partial charge in [-0.3, -0.25) is 4.99 Å². The molecule has 2 atom stereocenters. The molecule has 1 aromatic rings. The minimum absolute atomic E-state index is 0.169. The second-order valence-electron chi connectivity index (χ2n) is 5.11. The van der Waals surface area contributed by atoms with Gasteiger partial charge in [-0.1, -0.05) is 36.8 Å². The summed E-state index contributed by atoms with van der Waals surface area (Å²) in [5, 5.41) is 0. The van der Waals surface area contributed by atoms with Crippen LogP contribution >= 0.6 is 0 Å². The largest absolute Gasteiger partial charge is 0.260 e. The van der Waals surface area contributed by atoms with Crippen LogP contribution in [0.5, 0.6) is 0 Å². The molecule has 0 amide bonds. The maximum Gasteiger partial charge on any atom is 0.0667 e. The van der Waals surface area contributed by atoms with Crippen LogP contribution in [0.4, 0.5) is 5.69 Å². The first-order valence-electron chi connectivity index (χ1n) is 6.04. The molecule has 1 fully saturated rings. The fourth-order valence-electron chi connectivity index (χ4n) is 3.43. The molecular weight excluding hydrogens is 194 g/mol. The van der Waals surface area contributed by atoms with Crippen LogP contribution in [0.25, 0.3) is 0 Å². The van der Waals surface area contributed by atoms with E-state index >= 15 is 0 Å². The number of hydrogen-bond acceptors (Lipinski definition) is 1. The predicted molar refractivity (Wildman–Crippen MR) is 68.4 cm³/mol. The standard InChI is InChI=1S/C15H17N/c1-11(2)12-7-5-9-15(12)10-16-14-8-4-3-6-13(14)15/h3-4,6,8,10,12H,1,5,7,9H2,2H3. The van der Waals surface area contributed by atoms with E-state index in [0.29, 0.717) is 5.92 Å². The highest BCUT2D eigenvalue weighted by molar-refractivity contribution is 5.86. The van der Waals surface area contributed by atoms with E-state index in [0.717, 1.165) is 5.69 Å². The smallest absolute Gasteiger partial charge is 0.0667 e. The monoisotopic (exact) mass is 211 g/mol. The molecule has 0 radical (unpaired) electrons. The summed E-state index contributed by atoms with van der Waals surface area (Å²) >= 11 is 0. The number of allylic oxidation sites excluding steroid dienone is 1. The average Bonchev–Trinajstić information content (AvgIpc) is 2.86. The number of rotatable bonds is 1. The molecule has 1 spiro atoms. The molecule has 82 valence electrons. The van der Waals surface area contributed by atoms with E-state index in [4.69, 9.17) is 0 Å². The van der Waals surface area contributed by atoms with Gasteiger partial charge >= 0.3 is 0 Å². The number of para-hydroxylation sites is 1. The Balaban J connectivity index is 2.14. The van der Waals surface area contributed by atoms with E-state index in [9.17, 15) is 0 Å². The van der Waals surface area contributed by atoms with Gasteiger partial charge in [0.2, 0.25) is 0 Å². The van der Waals surface area contributed by atoms with Crippen LogP contribution < -0.4 is 0 Å². The molecule has 1 aromatic carbocycles. The number of aliphatic imine (C=N–C) groups is 1. The first-order chi connectivity index (χ1) is 7.74. The second-order valence-corrected chi connectivity index (χ2v) is 5.11. The molecule has 2 unspecified atom stereocenters. The van der Waals surface area contributed by atoms with Crippen LogP contribution in [0, 0.1) is 5.92 Å². The summed E-state index contributed by atoms with van der Waals surface area (Å²) in [6.45, 7) is 6.33. The Hall–Kier alpha value is -1.37. The molecular formula is C15H17N. The SMILES string of the molecule is C=C(C)C1CCCC12C=Nc1ccccc12. The van der Waals surface area contributed by atoms with Crippen LogP contribution in [0.15, 0.2) is 41.4 Å². The van der Waals surface area contributed by atoms with Crippen molar-refractivity contribution in [1.29, 1.82) is 0 Å². The van der Waals surface area contributed by atoms with E-state index in [-0.39, 0.29) is 5.41 Å². The predicted octanol–water partition coefficient (Wildman–Crippen LogP) is 4.02. The fourth-order valence-corrected chi connectivity index (χ4v) is 3.43. The Kier molecular flexibility index (Phi) is 2.03. The molecule has 1 aliphatic heterocycles. The molecule has 1 nitrogen and oxygen atoms in total. The third kappa shape index (κ3) is 1.14. The van der Waals surface area contributed by atoms with E-state index in [1.807, 2.05) is 0 Å². The Bertz CT molecular complexity index is 472. The van der Waals surface area contributed by atoms with Gasteiger partial charge in [-0.15, -0.1) is 0 Å². The van der Waals surface area contributed by atoms with E-state index in [1.54, 1.807) is 0 Å². The molecule has 0 bridgehead atoms. The lowest BCUT2D eigenvalue weighted by atomic mass is 9.71. The van der Waals surface area contributed by atoms with Crippen molar-refractivity contribution < 1.29 is 0 Å². The van der Waals surface area contributed by atoms with Crippen molar-refractivity contribution in [2.45, 2.75) is 31.6 Å². The van der Waals surface area contributed by atoms with Gasteiger partial charge in [0.05, 0.1) is 5.69 Å². The van der Waals surface area contributed by atoms with Crippen molar-refractivity contribution >= 4 is 11.9 Å². The van der Waals surface area contributed by atoms with Crippen molar-refractivity contribution in [2.75, 3.05) is 0 Å². The molecule has 1 heteroatoms. The summed E-state index contributed by atoms with van der Waals surface area (Å²) in [7, 11) is 0. The Morgan fingerprint density at radius 3 is 3.06 bits per heavy atom. The summed E-state index contributed by atoms with van der Waals surface area (Å²) in [5.41, 5.74) is 4.06. The van der Waals surface area contributed by atoms with Crippen molar-refractivity contribution in [3.05, 3.63) is 42.0 Å². The highest BCUT2D eigenvalue weighted by Crippen LogP contribution is 2.52. The lowest BCUT2D eigenvalue weighted by Gasteiger charge is -2.30. The summed E-state index contributed by atoms with van der Waals surface area (Å²) in [4.78, 5) is 4.60. The zero-order valence-electron chi connectivity index (χ0n) is 9.74. The molecule has 0 saturated heterocycles. The summed E-state index contributed by atoms with van der Waals surface area (Å²) in [6.07, 6.45) is 5.96. The van der Waals surface area contributed by atoms with Gasteiger partial charge in [0.25, 0.3) is 0 Å². The zero-order chi connectivity index (χ0) is 11.2. The first kappa shape index (κ1) is 9.83. The molecule has 2 aliphatic rings. The maximum absolute atomic E-state index is 4.60. The summed E-state index contributed by atoms with van der Waals surface area (Å²) in [6, 6.07) is 8.56. The summed E-state index contributed by atoms with van der Waals surface area (Å²) < 4.78 is 0. The second kappa shape index (κ2) is 3.31. The number of benzene rings is 1. The van der Waals surface area contributed by atoms with Gasteiger partial charge in [-0.2, -0.15) is 0 Å². The van der Waals surface area contributed by atoms with Crippen LogP contribution in [-0.2, 0) is 5.41 Å². The molecule has 0 N–H and O–H groups in total. The lowest BCUT2D eigenvalue weighted by Crippen LogP contribution is -2.30. The molecule has 16 heavy (non-hydrogen) atoms.